The Labute approximate surface area is 162 Å². The molecule has 2 aliphatic heterocycles. The number of hydrogen-bond acceptors (Lipinski definition) is 6. The van der Waals surface area contributed by atoms with E-state index < -0.39 is 4.92 Å². The first-order chi connectivity index (χ1) is 13.6. The van der Waals surface area contributed by atoms with Crippen LogP contribution >= 0.6 is 0 Å². The van der Waals surface area contributed by atoms with Crippen molar-refractivity contribution in [2.24, 2.45) is 5.16 Å². The van der Waals surface area contributed by atoms with E-state index in [0.717, 1.165) is 49.7 Å². The van der Waals surface area contributed by atoms with Gasteiger partial charge < -0.3 is 9.74 Å². The summed E-state index contributed by atoms with van der Waals surface area (Å²) in [5.74, 6) is -0.222. The molecule has 1 atom stereocenters. The molecule has 28 heavy (non-hydrogen) atoms. The van der Waals surface area contributed by atoms with Gasteiger partial charge in [-0.3, -0.25) is 15.0 Å². The van der Waals surface area contributed by atoms with Crippen LogP contribution in [0.2, 0.25) is 0 Å². The summed E-state index contributed by atoms with van der Waals surface area (Å²) < 4.78 is 13.1. The highest BCUT2D eigenvalue weighted by Crippen LogP contribution is 2.22. The van der Waals surface area contributed by atoms with E-state index in [0.29, 0.717) is 6.42 Å². The van der Waals surface area contributed by atoms with Crippen molar-refractivity contribution in [2.75, 3.05) is 37.6 Å². The molecule has 2 aliphatic rings. The van der Waals surface area contributed by atoms with Crippen LogP contribution in [0.15, 0.2) is 53.7 Å². The molecule has 146 valence electrons. The molecule has 0 aliphatic carbocycles. The summed E-state index contributed by atoms with van der Waals surface area (Å²) in [6, 6.07) is 13.1. The predicted molar refractivity (Wildman–Crippen MR) is 104 cm³/mol. The lowest BCUT2D eigenvalue weighted by atomic mass is 10.0. The van der Waals surface area contributed by atoms with E-state index in [2.05, 4.69) is 15.0 Å². The minimum absolute atomic E-state index is 0.0494. The Bertz CT molecular complexity index is 879. The highest BCUT2D eigenvalue weighted by atomic mass is 19.1. The third-order valence-corrected chi connectivity index (χ3v) is 5.15. The Kier molecular flexibility index (Phi) is 5.21. The minimum Gasteiger partial charge on any atom is -0.390 e. The second kappa shape index (κ2) is 7.93. The van der Waals surface area contributed by atoms with Crippen LogP contribution in [0.25, 0.3) is 0 Å². The zero-order valence-corrected chi connectivity index (χ0v) is 15.3. The van der Waals surface area contributed by atoms with E-state index in [1.54, 1.807) is 6.07 Å². The van der Waals surface area contributed by atoms with Gasteiger partial charge in [-0.25, -0.2) is 4.39 Å². The maximum absolute atomic E-state index is 13.1. The highest BCUT2D eigenvalue weighted by Gasteiger charge is 2.27. The van der Waals surface area contributed by atoms with Crippen LogP contribution in [0.5, 0.6) is 0 Å². The molecule has 0 N–H and O–H groups in total. The monoisotopic (exact) mass is 384 g/mol. The standard InChI is InChI=1S/C20H21FN4O3/c21-16-4-6-17(7-5-16)24-10-8-23(9-11-24)14-19-13-20(22-28-19)15-2-1-3-18(12-15)25(26)27/h1-7,12,19H,8-11,13-14H2. The van der Waals surface area contributed by atoms with Crippen LogP contribution in [0.4, 0.5) is 15.8 Å². The summed E-state index contributed by atoms with van der Waals surface area (Å²) in [5.41, 5.74) is 2.58. The first-order valence-electron chi connectivity index (χ1n) is 9.29. The average molecular weight is 384 g/mol. The molecular formula is C20H21FN4O3. The average Bonchev–Trinajstić information content (AvgIpc) is 3.18. The Morgan fingerprint density at radius 2 is 1.89 bits per heavy atom. The second-order valence-corrected chi connectivity index (χ2v) is 7.04. The van der Waals surface area contributed by atoms with Crippen molar-refractivity contribution in [3.63, 3.8) is 0 Å². The van der Waals surface area contributed by atoms with Crippen molar-refractivity contribution in [2.45, 2.75) is 12.5 Å². The van der Waals surface area contributed by atoms with E-state index in [4.69, 9.17) is 4.84 Å². The van der Waals surface area contributed by atoms with Crippen molar-refractivity contribution in [1.82, 2.24) is 4.90 Å². The lowest BCUT2D eigenvalue weighted by Gasteiger charge is -2.36. The zero-order chi connectivity index (χ0) is 19.5. The first kappa shape index (κ1) is 18.4. The third kappa shape index (κ3) is 4.12. The van der Waals surface area contributed by atoms with Gasteiger partial charge in [0.05, 0.1) is 10.6 Å². The number of nitro groups is 1. The number of benzene rings is 2. The van der Waals surface area contributed by atoms with Gasteiger partial charge in [-0.05, 0) is 24.3 Å². The van der Waals surface area contributed by atoms with Crippen molar-refractivity contribution < 1.29 is 14.2 Å². The lowest BCUT2D eigenvalue weighted by molar-refractivity contribution is -0.384. The maximum atomic E-state index is 13.1. The molecule has 1 saturated heterocycles. The topological polar surface area (TPSA) is 71.2 Å². The molecular weight excluding hydrogens is 363 g/mol. The van der Waals surface area contributed by atoms with E-state index >= 15 is 0 Å². The van der Waals surface area contributed by atoms with Gasteiger partial charge in [-0.2, -0.15) is 0 Å². The number of nitrogens with zero attached hydrogens (tertiary/aromatic N) is 4. The quantitative estimate of drug-likeness (QED) is 0.585. The van der Waals surface area contributed by atoms with Gasteiger partial charge in [0.1, 0.15) is 11.9 Å². The Morgan fingerprint density at radius 1 is 1.14 bits per heavy atom. The van der Waals surface area contributed by atoms with Crippen LogP contribution in [0.1, 0.15) is 12.0 Å². The summed E-state index contributed by atoms with van der Waals surface area (Å²) in [6.07, 6.45) is 0.589. The molecule has 2 aromatic carbocycles. The van der Waals surface area contributed by atoms with Crippen molar-refractivity contribution in [3.05, 3.63) is 70.0 Å². The van der Waals surface area contributed by atoms with Gasteiger partial charge in [0, 0.05) is 62.5 Å². The predicted octanol–water partition coefficient (Wildman–Crippen LogP) is 3.05. The largest absolute Gasteiger partial charge is 0.390 e. The normalized spacial score (nSPS) is 20.0. The fraction of sp³-hybridized carbons (Fsp3) is 0.350. The van der Waals surface area contributed by atoms with Crippen LogP contribution in [-0.4, -0.2) is 54.4 Å². The number of oxime groups is 1. The first-order valence-corrected chi connectivity index (χ1v) is 9.29. The molecule has 1 fully saturated rings. The van der Waals surface area contributed by atoms with E-state index in [1.165, 1.54) is 24.3 Å². The molecule has 1 unspecified atom stereocenters. The molecule has 0 spiro atoms. The van der Waals surface area contributed by atoms with Crippen molar-refractivity contribution in [3.8, 4) is 0 Å². The summed E-state index contributed by atoms with van der Waals surface area (Å²) in [7, 11) is 0. The molecule has 7 nitrogen and oxygen atoms in total. The number of rotatable bonds is 5. The summed E-state index contributed by atoms with van der Waals surface area (Å²) in [5, 5.41) is 15.1. The summed E-state index contributed by atoms with van der Waals surface area (Å²) in [4.78, 5) is 20.7. The number of halogens is 1. The van der Waals surface area contributed by atoms with Crippen LogP contribution in [0, 0.1) is 15.9 Å². The maximum Gasteiger partial charge on any atom is 0.270 e. The number of piperazine rings is 1. The number of anilines is 1. The molecule has 0 saturated carbocycles. The smallest absolute Gasteiger partial charge is 0.270 e. The fourth-order valence-corrected chi connectivity index (χ4v) is 3.62. The highest BCUT2D eigenvalue weighted by molar-refractivity contribution is 6.01. The Balaban J connectivity index is 1.28. The Morgan fingerprint density at radius 3 is 2.61 bits per heavy atom. The van der Waals surface area contributed by atoms with Crippen molar-refractivity contribution >= 4 is 17.1 Å². The molecule has 0 aromatic heterocycles. The fourth-order valence-electron chi connectivity index (χ4n) is 3.62. The molecule has 0 amide bonds. The second-order valence-electron chi connectivity index (χ2n) is 7.04. The van der Waals surface area contributed by atoms with Crippen LogP contribution in [0.3, 0.4) is 0 Å². The van der Waals surface area contributed by atoms with E-state index in [-0.39, 0.29) is 17.6 Å². The molecule has 2 aromatic rings. The van der Waals surface area contributed by atoms with Gasteiger partial charge in [0.25, 0.3) is 5.69 Å². The number of nitro benzene ring substituents is 1. The molecule has 0 bridgehead atoms. The third-order valence-electron chi connectivity index (χ3n) is 5.15. The number of non-ortho nitro benzene ring substituents is 1. The molecule has 8 heteroatoms. The molecule has 2 heterocycles. The summed E-state index contributed by atoms with van der Waals surface area (Å²) >= 11 is 0. The van der Waals surface area contributed by atoms with E-state index in [9.17, 15) is 14.5 Å². The molecule has 0 radical (unpaired) electrons. The van der Waals surface area contributed by atoms with Gasteiger partial charge >= 0.3 is 0 Å². The minimum atomic E-state index is -0.405. The molecule has 4 rings (SSSR count). The van der Waals surface area contributed by atoms with E-state index in [1.807, 2.05) is 18.2 Å². The lowest BCUT2D eigenvalue weighted by Crippen LogP contribution is -2.48. The van der Waals surface area contributed by atoms with Gasteiger partial charge in [-0.15, -0.1) is 0 Å². The van der Waals surface area contributed by atoms with Gasteiger partial charge in [0.2, 0.25) is 0 Å². The van der Waals surface area contributed by atoms with Crippen LogP contribution < -0.4 is 4.90 Å². The zero-order valence-electron chi connectivity index (χ0n) is 15.3. The van der Waals surface area contributed by atoms with Gasteiger partial charge in [-0.1, -0.05) is 17.3 Å². The number of hydrogen-bond donors (Lipinski definition) is 0. The van der Waals surface area contributed by atoms with Crippen LogP contribution in [-0.2, 0) is 4.84 Å². The van der Waals surface area contributed by atoms with Gasteiger partial charge in [0.15, 0.2) is 0 Å². The Hall–Kier alpha value is -3.00. The SMILES string of the molecule is O=[N+]([O-])c1cccc(C2=NOC(CN3CCN(c4ccc(F)cc4)CC3)C2)c1. The van der Waals surface area contributed by atoms with Crippen molar-refractivity contribution in [1.29, 1.82) is 0 Å². The summed E-state index contributed by atoms with van der Waals surface area (Å²) in [6.45, 7) is 4.29.